The van der Waals surface area contributed by atoms with Gasteiger partial charge in [0, 0.05) is 30.4 Å². The number of anilines is 1. The first-order valence-electron chi connectivity index (χ1n) is 7.99. The minimum Gasteiger partial charge on any atom is -0.439 e. The van der Waals surface area contributed by atoms with E-state index in [1.165, 1.54) is 6.42 Å². The van der Waals surface area contributed by atoms with E-state index in [9.17, 15) is 4.79 Å². The van der Waals surface area contributed by atoms with Crippen molar-refractivity contribution in [2.24, 2.45) is 5.92 Å². The Balaban J connectivity index is 1.53. The van der Waals surface area contributed by atoms with Gasteiger partial charge < -0.3 is 15.4 Å². The highest BCUT2D eigenvalue weighted by molar-refractivity contribution is 5.90. The predicted molar refractivity (Wildman–Crippen MR) is 89.6 cm³/mol. The molecule has 0 aliphatic carbocycles. The molecule has 1 aromatic carbocycles. The van der Waals surface area contributed by atoms with Crippen molar-refractivity contribution in [3.8, 4) is 11.6 Å². The zero-order valence-corrected chi connectivity index (χ0v) is 13.0. The predicted octanol–water partition coefficient (Wildman–Crippen LogP) is 3.20. The zero-order valence-electron chi connectivity index (χ0n) is 13.0. The molecule has 2 aromatic rings. The molecule has 1 amide bonds. The minimum atomic E-state index is 0.0480. The molecular formula is C18H21N3O2. The fraction of sp³-hybridized carbons (Fsp3) is 0.333. The molecule has 3 rings (SSSR count). The summed E-state index contributed by atoms with van der Waals surface area (Å²) in [6, 6.07) is 12.9. The van der Waals surface area contributed by atoms with Crippen molar-refractivity contribution >= 4 is 11.6 Å². The smallest absolute Gasteiger partial charge is 0.224 e. The molecule has 120 valence electrons. The zero-order chi connectivity index (χ0) is 15.9. The molecule has 23 heavy (non-hydrogen) atoms. The third-order valence-electron chi connectivity index (χ3n) is 3.92. The first kappa shape index (κ1) is 15.5. The second-order valence-electron chi connectivity index (χ2n) is 5.74. The van der Waals surface area contributed by atoms with Gasteiger partial charge in [0.15, 0.2) is 0 Å². The molecule has 1 fully saturated rings. The number of carbonyl (C=O) groups is 1. The normalized spacial score (nSPS) is 17.0. The average molecular weight is 311 g/mol. The molecule has 1 aliphatic rings. The van der Waals surface area contributed by atoms with Gasteiger partial charge in [0.1, 0.15) is 5.75 Å². The number of hydrogen-bond acceptors (Lipinski definition) is 4. The lowest BCUT2D eigenvalue weighted by Gasteiger charge is -2.10. The van der Waals surface area contributed by atoms with E-state index in [4.69, 9.17) is 4.74 Å². The highest BCUT2D eigenvalue weighted by Crippen LogP contribution is 2.23. The maximum Gasteiger partial charge on any atom is 0.224 e. The van der Waals surface area contributed by atoms with E-state index in [1.807, 2.05) is 36.4 Å². The van der Waals surface area contributed by atoms with Crippen LogP contribution in [0, 0.1) is 5.92 Å². The molecule has 1 saturated heterocycles. The Labute approximate surface area is 136 Å². The SMILES string of the molecule is O=C(CCC1CCNC1)Nc1cccc(Oc2ccccn2)c1. The van der Waals surface area contributed by atoms with E-state index in [-0.39, 0.29) is 5.91 Å². The van der Waals surface area contributed by atoms with Crippen molar-refractivity contribution in [2.45, 2.75) is 19.3 Å². The molecule has 1 aliphatic heterocycles. The fourth-order valence-corrected chi connectivity index (χ4v) is 2.69. The molecule has 0 bridgehead atoms. The number of carbonyl (C=O) groups excluding carboxylic acids is 1. The molecular weight excluding hydrogens is 290 g/mol. The molecule has 5 heteroatoms. The summed E-state index contributed by atoms with van der Waals surface area (Å²) in [5.74, 6) is 1.86. The van der Waals surface area contributed by atoms with Crippen LogP contribution in [0.3, 0.4) is 0 Å². The molecule has 1 aromatic heterocycles. The molecule has 1 unspecified atom stereocenters. The summed E-state index contributed by atoms with van der Waals surface area (Å²) in [4.78, 5) is 16.2. The van der Waals surface area contributed by atoms with Crippen molar-refractivity contribution in [2.75, 3.05) is 18.4 Å². The van der Waals surface area contributed by atoms with Crippen LogP contribution in [0.4, 0.5) is 5.69 Å². The first-order valence-corrected chi connectivity index (χ1v) is 7.99. The van der Waals surface area contributed by atoms with Crippen molar-refractivity contribution in [3.63, 3.8) is 0 Å². The number of rotatable bonds is 6. The van der Waals surface area contributed by atoms with Crippen LogP contribution in [0.5, 0.6) is 11.6 Å². The van der Waals surface area contributed by atoms with Crippen LogP contribution in [-0.4, -0.2) is 24.0 Å². The molecule has 0 radical (unpaired) electrons. The van der Waals surface area contributed by atoms with Gasteiger partial charge in [-0.3, -0.25) is 4.79 Å². The topological polar surface area (TPSA) is 63.2 Å². The molecule has 1 atom stereocenters. The first-order chi connectivity index (χ1) is 11.3. The van der Waals surface area contributed by atoms with E-state index in [0.29, 0.717) is 24.0 Å². The Morgan fingerprint density at radius 2 is 2.26 bits per heavy atom. The summed E-state index contributed by atoms with van der Waals surface area (Å²) in [6.45, 7) is 2.10. The number of pyridine rings is 1. The van der Waals surface area contributed by atoms with Crippen molar-refractivity contribution in [1.82, 2.24) is 10.3 Å². The third kappa shape index (κ3) is 4.79. The third-order valence-corrected chi connectivity index (χ3v) is 3.92. The second-order valence-corrected chi connectivity index (χ2v) is 5.74. The van der Waals surface area contributed by atoms with Gasteiger partial charge in [0.2, 0.25) is 11.8 Å². The second kappa shape index (κ2) is 7.74. The van der Waals surface area contributed by atoms with E-state index >= 15 is 0 Å². The lowest BCUT2D eigenvalue weighted by atomic mass is 10.0. The summed E-state index contributed by atoms with van der Waals surface area (Å²) in [5.41, 5.74) is 0.743. The van der Waals surface area contributed by atoms with Crippen LogP contribution in [0.2, 0.25) is 0 Å². The Morgan fingerprint density at radius 3 is 3.04 bits per heavy atom. The Hall–Kier alpha value is -2.40. The van der Waals surface area contributed by atoms with Gasteiger partial charge in [0.05, 0.1) is 0 Å². The highest BCUT2D eigenvalue weighted by atomic mass is 16.5. The number of nitrogens with one attached hydrogen (secondary N) is 2. The summed E-state index contributed by atoms with van der Waals surface area (Å²) < 4.78 is 5.67. The van der Waals surface area contributed by atoms with Crippen LogP contribution >= 0.6 is 0 Å². The summed E-state index contributed by atoms with van der Waals surface area (Å²) >= 11 is 0. The molecule has 2 N–H and O–H groups in total. The number of amides is 1. The Kier molecular flexibility index (Phi) is 5.21. The van der Waals surface area contributed by atoms with Gasteiger partial charge in [-0.1, -0.05) is 12.1 Å². The summed E-state index contributed by atoms with van der Waals surface area (Å²) in [7, 11) is 0. The number of ether oxygens (including phenoxy) is 1. The largest absolute Gasteiger partial charge is 0.439 e. The molecule has 0 spiro atoms. The Bertz CT molecular complexity index is 640. The van der Waals surface area contributed by atoms with Gasteiger partial charge >= 0.3 is 0 Å². The van der Waals surface area contributed by atoms with Crippen molar-refractivity contribution < 1.29 is 9.53 Å². The monoisotopic (exact) mass is 311 g/mol. The van der Waals surface area contributed by atoms with Gasteiger partial charge in [-0.2, -0.15) is 0 Å². The lowest BCUT2D eigenvalue weighted by molar-refractivity contribution is -0.116. The van der Waals surface area contributed by atoms with Crippen LogP contribution in [0.25, 0.3) is 0 Å². The van der Waals surface area contributed by atoms with Gasteiger partial charge in [-0.25, -0.2) is 4.98 Å². The number of hydrogen-bond donors (Lipinski definition) is 2. The van der Waals surface area contributed by atoms with Crippen LogP contribution in [0.15, 0.2) is 48.7 Å². The quantitative estimate of drug-likeness (QED) is 0.860. The van der Waals surface area contributed by atoms with E-state index in [2.05, 4.69) is 15.6 Å². The number of nitrogens with zero attached hydrogens (tertiary/aromatic N) is 1. The van der Waals surface area contributed by atoms with E-state index < -0.39 is 0 Å². The maximum atomic E-state index is 12.1. The number of benzene rings is 1. The molecule has 0 saturated carbocycles. The van der Waals surface area contributed by atoms with Gasteiger partial charge in [0.25, 0.3) is 0 Å². The van der Waals surface area contributed by atoms with Crippen LogP contribution in [0.1, 0.15) is 19.3 Å². The number of aromatic nitrogens is 1. The van der Waals surface area contributed by atoms with Crippen molar-refractivity contribution in [1.29, 1.82) is 0 Å². The van der Waals surface area contributed by atoms with Gasteiger partial charge in [-0.05, 0) is 50.0 Å². The molecule has 2 heterocycles. The highest BCUT2D eigenvalue weighted by Gasteiger charge is 2.15. The minimum absolute atomic E-state index is 0.0480. The molecule has 5 nitrogen and oxygen atoms in total. The Morgan fingerprint density at radius 1 is 1.30 bits per heavy atom. The average Bonchev–Trinajstić information content (AvgIpc) is 3.08. The standard InChI is InChI=1S/C18H21N3O2/c22-17(8-7-14-9-11-19-13-14)21-15-4-3-5-16(12-15)23-18-6-1-2-10-20-18/h1-6,10,12,14,19H,7-9,11,13H2,(H,21,22). The summed E-state index contributed by atoms with van der Waals surface area (Å²) in [6.07, 6.45) is 4.33. The van der Waals surface area contributed by atoms with E-state index in [0.717, 1.165) is 25.2 Å². The van der Waals surface area contributed by atoms with Crippen LogP contribution < -0.4 is 15.4 Å². The van der Waals surface area contributed by atoms with Crippen molar-refractivity contribution in [3.05, 3.63) is 48.7 Å². The van der Waals surface area contributed by atoms with E-state index in [1.54, 1.807) is 12.3 Å². The summed E-state index contributed by atoms with van der Waals surface area (Å²) in [5, 5.41) is 6.25. The van der Waals surface area contributed by atoms with Gasteiger partial charge in [-0.15, -0.1) is 0 Å². The fourth-order valence-electron chi connectivity index (χ4n) is 2.69. The van der Waals surface area contributed by atoms with Crippen LogP contribution in [-0.2, 0) is 4.79 Å². The maximum absolute atomic E-state index is 12.1. The lowest BCUT2D eigenvalue weighted by Crippen LogP contribution is -2.15.